The van der Waals surface area contributed by atoms with Crippen LogP contribution in [0.4, 0.5) is 11.4 Å². The highest BCUT2D eigenvalue weighted by Gasteiger charge is 2.31. The van der Waals surface area contributed by atoms with Gasteiger partial charge in [0.15, 0.2) is 11.5 Å². The standard InChI is InChI=1S/C31H44N4O7/c1-20-14-23(30(38)34-10-6-8-21(34)18-36)25(32)16-27(20)41-12-4-3-5-13-42-29-17-26(33)24(15-28(29)40-2)31(39)35-11-7-9-22(35)19-37/h14-17,21-22,36-37H,3-13,18-19,32-33H2,1-2H3/t21-,22-/m0/s1. The molecule has 6 N–H and O–H groups in total. The number of aryl methyl sites for hydroxylation is 1. The normalized spacial score (nSPS) is 18.4. The van der Waals surface area contributed by atoms with Crippen LogP contribution < -0.4 is 25.7 Å². The van der Waals surface area contributed by atoms with Crippen LogP contribution >= 0.6 is 0 Å². The van der Waals surface area contributed by atoms with E-state index in [1.165, 1.54) is 7.11 Å². The van der Waals surface area contributed by atoms with E-state index in [1.54, 1.807) is 34.1 Å². The molecule has 230 valence electrons. The molecule has 0 unspecified atom stereocenters. The van der Waals surface area contributed by atoms with E-state index in [4.69, 9.17) is 25.7 Å². The molecular weight excluding hydrogens is 540 g/mol. The van der Waals surface area contributed by atoms with Gasteiger partial charge in [-0.25, -0.2) is 0 Å². The quantitative estimate of drug-likeness (QED) is 0.205. The number of ether oxygens (including phenoxy) is 3. The van der Waals surface area contributed by atoms with Gasteiger partial charge in [-0.1, -0.05) is 0 Å². The van der Waals surface area contributed by atoms with Gasteiger partial charge in [-0.3, -0.25) is 9.59 Å². The summed E-state index contributed by atoms with van der Waals surface area (Å²) in [6.45, 7) is 3.93. The predicted molar refractivity (Wildman–Crippen MR) is 160 cm³/mol. The van der Waals surface area contributed by atoms with Crippen LogP contribution in [0.1, 0.15) is 71.2 Å². The summed E-state index contributed by atoms with van der Waals surface area (Å²) < 4.78 is 17.4. The Morgan fingerprint density at radius 1 is 0.786 bits per heavy atom. The number of nitrogens with zero attached hydrogens (tertiary/aromatic N) is 2. The average molecular weight is 585 g/mol. The third-order valence-electron chi connectivity index (χ3n) is 8.15. The molecule has 2 aliphatic rings. The summed E-state index contributed by atoms with van der Waals surface area (Å²) in [5.74, 6) is 1.19. The Kier molecular flexibility index (Phi) is 10.8. The van der Waals surface area contributed by atoms with Crippen LogP contribution in [0.2, 0.25) is 0 Å². The van der Waals surface area contributed by atoms with Crippen molar-refractivity contribution < 1.29 is 34.0 Å². The van der Waals surface area contributed by atoms with Crippen molar-refractivity contribution in [3.8, 4) is 17.2 Å². The lowest BCUT2D eigenvalue weighted by Crippen LogP contribution is -2.38. The van der Waals surface area contributed by atoms with Crippen molar-refractivity contribution in [2.45, 2.75) is 64.0 Å². The Hall–Kier alpha value is -3.70. The number of nitrogens with two attached hydrogens (primary N) is 2. The summed E-state index contributed by atoms with van der Waals surface area (Å²) >= 11 is 0. The molecule has 2 amide bonds. The van der Waals surface area contributed by atoms with E-state index in [0.717, 1.165) is 50.5 Å². The van der Waals surface area contributed by atoms with Crippen molar-refractivity contribution in [3.05, 3.63) is 41.0 Å². The van der Waals surface area contributed by atoms with E-state index < -0.39 is 0 Å². The molecule has 0 aromatic heterocycles. The Morgan fingerprint density at radius 2 is 1.29 bits per heavy atom. The van der Waals surface area contributed by atoms with Crippen LogP contribution in [0.5, 0.6) is 17.2 Å². The number of carbonyl (C=O) groups excluding carboxylic acids is 2. The van der Waals surface area contributed by atoms with E-state index in [9.17, 15) is 19.8 Å². The SMILES string of the molecule is COc1cc(C(=O)N2CCC[C@H]2CO)c(N)cc1OCCCCCOc1cc(N)c(C(=O)N2CCC[C@H]2CO)cc1C. The van der Waals surface area contributed by atoms with E-state index >= 15 is 0 Å². The monoisotopic (exact) mass is 584 g/mol. The molecule has 2 heterocycles. The Morgan fingerprint density at radius 3 is 1.81 bits per heavy atom. The molecule has 42 heavy (non-hydrogen) atoms. The molecule has 0 spiro atoms. The predicted octanol–water partition coefficient (Wildman–Crippen LogP) is 2.99. The average Bonchev–Trinajstić information content (AvgIpc) is 3.67. The fraction of sp³-hybridized carbons (Fsp3) is 0.548. The van der Waals surface area contributed by atoms with Crippen LogP contribution in [0, 0.1) is 6.92 Å². The second-order valence-electron chi connectivity index (χ2n) is 11.0. The summed E-state index contributed by atoms with van der Waals surface area (Å²) in [5, 5.41) is 19.1. The second kappa shape index (κ2) is 14.5. The molecular formula is C31H44N4O7. The van der Waals surface area contributed by atoms with Crippen molar-refractivity contribution >= 4 is 23.2 Å². The lowest BCUT2D eigenvalue weighted by atomic mass is 10.1. The lowest BCUT2D eigenvalue weighted by Gasteiger charge is -2.24. The number of anilines is 2. The summed E-state index contributed by atoms with van der Waals surface area (Å²) in [6.07, 6.45) is 5.73. The van der Waals surface area contributed by atoms with Crippen LogP contribution in [0.15, 0.2) is 24.3 Å². The summed E-state index contributed by atoms with van der Waals surface area (Å²) in [4.78, 5) is 29.4. The Labute approximate surface area is 247 Å². The first kappa shape index (κ1) is 31.2. The molecule has 2 fully saturated rings. The molecule has 0 saturated carbocycles. The number of nitrogen functional groups attached to an aromatic ring is 2. The zero-order chi connectivity index (χ0) is 30.2. The van der Waals surface area contributed by atoms with Crippen LogP contribution in [0.3, 0.4) is 0 Å². The van der Waals surface area contributed by atoms with Crippen LogP contribution in [0.25, 0.3) is 0 Å². The van der Waals surface area contributed by atoms with Crippen molar-refractivity contribution in [1.29, 1.82) is 0 Å². The van der Waals surface area contributed by atoms with Gasteiger partial charge in [0.1, 0.15) is 5.75 Å². The first-order valence-electron chi connectivity index (χ1n) is 14.8. The first-order valence-corrected chi connectivity index (χ1v) is 14.8. The molecule has 11 nitrogen and oxygen atoms in total. The Bertz CT molecular complexity index is 1250. The molecule has 0 bridgehead atoms. The van der Waals surface area contributed by atoms with Gasteiger partial charge < -0.3 is 45.7 Å². The molecule has 2 aromatic carbocycles. The number of unbranched alkanes of at least 4 members (excludes halogenated alkanes) is 2. The Balaban J connectivity index is 1.23. The van der Waals surface area contributed by atoms with E-state index in [0.29, 0.717) is 66.1 Å². The minimum Gasteiger partial charge on any atom is -0.493 e. The molecule has 2 aromatic rings. The maximum Gasteiger partial charge on any atom is 0.256 e. The van der Waals surface area contributed by atoms with Gasteiger partial charge in [0.2, 0.25) is 0 Å². The van der Waals surface area contributed by atoms with Gasteiger partial charge in [-0.05, 0) is 69.6 Å². The molecule has 2 saturated heterocycles. The van der Waals surface area contributed by atoms with E-state index in [1.807, 2.05) is 6.92 Å². The lowest BCUT2D eigenvalue weighted by molar-refractivity contribution is 0.0672. The highest BCUT2D eigenvalue weighted by atomic mass is 16.5. The van der Waals surface area contributed by atoms with Crippen molar-refractivity contribution in [2.75, 3.05) is 58.1 Å². The molecule has 0 radical (unpaired) electrons. The fourth-order valence-electron chi connectivity index (χ4n) is 5.72. The number of benzene rings is 2. The third kappa shape index (κ3) is 7.01. The van der Waals surface area contributed by atoms with Gasteiger partial charge in [0, 0.05) is 36.6 Å². The maximum absolute atomic E-state index is 13.0. The fourth-order valence-corrected chi connectivity index (χ4v) is 5.72. The van der Waals surface area contributed by atoms with Gasteiger partial charge >= 0.3 is 0 Å². The summed E-state index contributed by atoms with van der Waals surface area (Å²) in [7, 11) is 1.52. The van der Waals surface area contributed by atoms with Gasteiger partial charge in [0.25, 0.3) is 11.8 Å². The van der Waals surface area contributed by atoms with Crippen molar-refractivity contribution in [1.82, 2.24) is 9.80 Å². The highest BCUT2D eigenvalue weighted by Crippen LogP contribution is 2.34. The van der Waals surface area contributed by atoms with Crippen LogP contribution in [-0.4, -0.2) is 90.5 Å². The minimum absolute atomic E-state index is 0.0446. The van der Waals surface area contributed by atoms with Gasteiger partial charge in [-0.2, -0.15) is 0 Å². The van der Waals surface area contributed by atoms with Gasteiger partial charge in [0.05, 0.1) is 56.7 Å². The summed E-state index contributed by atoms with van der Waals surface area (Å²) in [5.41, 5.74) is 14.7. The van der Waals surface area contributed by atoms with Crippen molar-refractivity contribution in [3.63, 3.8) is 0 Å². The number of rotatable bonds is 13. The number of aliphatic hydroxyl groups is 2. The largest absolute Gasteiger partial charge is 0.493 e. The smallest absolute Gasteiger partial charge is 0.256 e. The van der Waals surface area contributed by atoms with E-state index in [-0.39, 0.29) is 37.1 Å². The molecule has 0 aliphatic carbocycles. The molecule has 4 rings (SSSR count). The maximum atomic E-state index is 13.0. The number of hydrogen-bond donors (Lipinski definition) is 4. The zero-order valence-corrected chi connectivity index (χ0v) is 24.6. The highest BCUT2D eigenvalue weighted by molar-refractivity contribution is 6.01. The van der Waals surface area contributed by atoms with Gasteiger partial charge in [-0.15, -0.1) is 0 Å². The number of likely N-dealkylation sites (tertiary alicyclic amines) is 2. The first-order chi connectivity index (χ1) is 20.3. The zero-order valence-electron chi connectivity index (χ0n) is 24.6. The molecule has 11 heteroatoms. The van der Waals surface area contributed by atoms with Crippen molar-refractivity contribution in [2.24, 2.45) is 0 Å². The van der Waals surface area contributed by atoms with E-state index in [2.05, 4.69) is 0 Å². The van der Waals surface area contributed by atoms with Crippen LogP contribution in [-0.2, 0) is 0 Å². The minimum atomic E-state index is -0.214. The number of carbonyl (C=O) groups is 2. The number of aliphatic hydroxyl groups excluding tert-OH is 2. The third-order valence-corrected chi connectivity index (χ3v) is 8.15. The molecule has 2 aliphatic heterocycles. The second-order valence-corrected chi connectivity index (χ2v) is 11.0. The number of amides is 2. The summed E-state index contributed by atoms with van der Waals surface area (Å²) in [6, 6.07) is 6.36. The number of methoxy groups -OCH3 is 1. The number of hydrogen-bond acceptors (Lipinski definition) is 9. The topological polar surface area (TPSA) is 161 Å². The molecule has 2 atom stereocenters.